The lowest BCUT2D eigenvalue weighted by molar-refractivity contribution is 0.0692. The normalized spacial score (nSPS) is 20.1. The zero-order valence-corrected chi connectivity index (χ0v) is 11.4. The Kier molecular flexibility index (Phi) is 4.20. The van der Waals surface area contributed by atoms with Crippen molar-refractivity contribution in [2.45, 2.75) is 26.8 Å². The molecule has 0 radical (unpaired) electrons. The lowest BCUT2D eigenvalue weighted by Gasteiger charge is -2.18. The summed E-state index contributed by atoms with van der Waals surface area (Å²) in [5, 5.41) is 8.79. The summed E-state index contributed by atoms with van der Waals surface area (Å²) in [6.07, 6.45) is 1.19. The fraction of sp³-hybridized carbons (Fsp3) is 0.533. The first kappa shape index (κ1) is 14.0. The van der Waals surface area contributed by atoms with E-state index in [1.807, 2.05) is 0 Å². The Bertz CT molecular complexity index is 473. The minimum absolute atomic E-state index is 0.259. The van der Waals surface area contributed by atoms with E-state index in [1.54, 1.807) is 6.07 Å². The summed E-state index contributed by atoms with van der Waals surface area (Å²) < 4.78 is 13.6. The van der Waals surface area contributed by atoms with Gasteiger partial charge in [-0.3, -0.25) is 4.90 Å². The lowest BCUT2D eigenvalue weighted by Crippen LogP contribution is -2.21. The predicted molar refractivity (Wildman–Crippen MR) is 71.6 cm³/mol. The number of hydrogen-bond acceptors (Lipinski definition) is 2. The fourth-order valence-electron chi connectivity index (χ4n) is 2.64. The molecule has 1 fully saturated rings. The lowest BCUT2D eigenvalue weighted by atomic mass is 9.95. The molecule has 0 amide bonds. The molecular weight excluding hydrogens is 245 g/mol. The van der Waals surface area contributed by atoms with Crippen LogP contribution in [0.1, 0.15) is 36.2 Å². The van der Waals surface area contributed by atoms with E-state index >= 15 is 0 Å². The Hall–Kier alpha value is -1.42. The predicted octanol–water partition coefficient (Wildman–Crippen LogP) is 3.00. The number of carboxylic acid groups (broad SMARTS) is 1. The second kappa shape index (κ2) is 5.70. The van der Waals surface area contributed by atoms with Crippen LogP contribution in [-0.2, 0) is 6.54 Å². The number of aromatic carboxylic acids is 1. The van der Waals surface area contributed by atoms with Gasteiger partial charge < -0.3 is 5.11 Å². The van der Waals surface area contributed by atoms with Crippen LogP contribution in [0.25, 0.3) is 0 Å². The molecule has 104 valence electrons. The van der Waals surface area contributed by atoms with Crippen LogP contribution >= 0.6 is 0 Å². The van der Waals surface area contributed by atoms with Gasteiger partial charge >= 0.3 is 5.97 Å². The quantitative estimate of drug-likeness (QED) is 0.909. The Balaban J connectivity index is 2.01. The highest BCUT2D eigenvalue weighted by atomic mass is 19.1. The second-order valence-electron chi connectivity index (χ2n) is 5.65. The molecule has 0 aromatic heterocycles. The number of likely N-dealkylation sites (tertiary alicyclic amines) is 1. The van der Waals surface area contributed by atoms with Crippen LogP contribution < -0.4 is 0 Å². The van der Waals surface area contributed by atoms with Crippen molar-refractivity contribution in [2.75, 3.05) is 13.1 Å². The Morgan fingerprint density at radius 1 is 1.53 bits per heavy atom. The summed E-state index contributed by atoms with van der Waals surface area (Å²) in [5.41, 5.74) is 0.581. The van der Waals surface area contributed by atoms with Gasteiger partial charge in [-0.15, -0.1) is 0 Å². The Morgan fingerprint density at radius 3 is 2.79 bits per heavy atom. The molecule has 0 aliphatic carbocycles. The molecule has 1 saturated heterocycles. The highest BCUT2D eigenvalue weighted by Crippen LogP contribution is 2.25. The molecule has 1 heterocycles. The first-order valence-electron chi connectivity index (χ1n) is 6.71. The third kappa shape index (κ3) is 3.32. The third-order valence-corrected chi connectivity index (χ3v) is 3.92. The molecule has 1 unspecified atom stereocenters. The van der Waals surface area contributed by atoms with Gasteiger partial charge in [0.2, 0.25) is 0 Å². The average molecular weight is 265 g/mol. The smallest absolute Gasteiger partial charge is 0.338 e. The second-order valence-corrected chi connectivity index (χ2v) is 5.65. The number of rotatable bonds is 4. The van der Waals surface area contributed by atoms with E-state index < -0.39 is 11.8 Å². The van der Waals surface area contributed by atoms with E-state index in [1.165, 1.54) is 18.6 Å². The van der Waals surface area contributed by atoms with E-state index in [0.717, 1.165) is 18.7 Å². The van der Waals surface area contributed by atoms with Gasteiger partial charge in [0, 0.05) is 13.1 Å². The van der Waals surface area contributed by atoms with Gasteiger partial charge in [-0.2, -0.15) is 0 Å². The van der Waals surface area contributed by atoms with Crippen molar-refractivity contribution >= 4 is 5.97 Å². The van der Waals surface area contributed by atoms with Crippen molar-refractivity contribution in [3.63, 3.8) is 0 Å². The van der Waals surface area contributed by atoms with Crippen molar-refractivity contribution in [3.05, 3.63) is 35.1 Å². The molecule has 1 aliphatic heterocycles. The maximum atomic E-state index is 13.6. The van der Waals surface area contributed by atoms with Crippen molar-refractivity contribution in [2.24, 2.45) is 11.8 Å². The molecule has 19 heavy (non-hydrogen) atoms. The molecule has 1 aromatic rings. The number of halogens is 1. The Labute approximate surface area is 113 Å². The molecular formula is C15H20FNO2. The van der Waals surface area contributed by atoms with Gasteiger partial charge in [-0.25, -0.2) is 9.18 Å². The van der Waals surface area contributed by atoms with Gasteiger partial charge in [0.25, 0.3) is 0 Å². The zero-order chi connectivity index (χ0) is 14.0. The number of carbonyl (C=O) groups is 1. The largest absolute Gasteiger partial charge is 0.478 e. The third-order valence-electron chi connectivity index (χ3n) is 3.92. The fourth-order valence-corrected chi connectivity index (χ4v) is 2.64. The SMILES string of the molecule is CC(C)C1CCN(Cc2ccc(C(=O)O)c(F)c2)C1. The van der Waals surface area contributed by atoms with Crippen LogP contribution in [-0.4, -0.2) is 29.1 Å². The molecule has 0 saturated carbocycles. The number of carboxylic acids is 1. The number of benzene rings is 1. The first-order chi connectivity index (χ1) is 8.97. The van der Waals surface area contributed by atoms with Crippen LogP contribution in [0.2, 0.25) is 0 Å². The monoisotopic (exact) mass is 265 g/mol. The molecule has 1 N–H and O–H groups in total. The summed E-state index contributed by atoms with van der Waals surface area (Å²) in [4.78, 5) is 13.1. The molecule has 0 bridgehead atoms. The maximum absolute atomic E-state index is 13.6. The number of nitrogens with zero attached hydrogens (tertiary/aromatic N) is 1. The van der Waals surface area contributed by atoms with E-state index in [-0.39, 0.29) is 5.56 Å². The molecule has 0 spiro atoms. The van der Waals surface area contributed by atoms with Crippen molar-refractivity contribution < 1.29 is 14.3 Å². The summed E-state index contributed by atoms with van der Waals surface area (Å²) in [6.45, 7) is 7.23. The van der Waals surface area contributed by atoms with Crippen LogP contribution in [0.3, 0.4) is 0 Å². The topological polar surface area (TPSA) is 40.5 Å². The molecule has 1 aliphatic rings. The van der Waals surface area contributed by atoms with E-state index in [2.05, 4.69) is 18.7 Å². The van der Waals surface area contributed by atoms with E-state index in [4.69, 9.17) is 5.11 Å². The zero-order valence-electron chi connectivity index (χ0n) is 11.4. The summed E-state index contributed by atoms with van der Waals surface area (Å²) in [6, 6.07) is 4.39. The van der Waals surface area contributed by atoms with Gasteiger partial charge in [-0.05, 0) is 42.5 Å². The molecule has 2 rings (SSSR count). The number of hydrogen-bond donors (Lipinski definition) is 1. The van der Waals surface area contributed by atoms with Crippen molar-refractivity contribution in [1.29, 1.82) is 0 Å². The van der Waals surface area contributed by atoms with Gasteiger partial charge in [0.15, 0.2) is 0 Å². The minimum atomic E-state index is -1.22. The average Bonchev–Trinajstić information content (AvgIpc) is 2.77. The molecule has 4 heteroatoms. The highest BCUT2D eigenvalue weighted by Gasteiger charge is 2.24. The maximum Gasteiger partial charge on any atom is 0.338 e. The van der Waals surface area contributed by atoms with E-state index in [9.17, 15) is 9.18 Å². The summed E-state index contributed by atoms with van der Waals surface area (Å²) in [7, 11) is 0. The van der Waals surface area contributed by atoms with Crippen LogP contribution in [0.15, 0.2) is 18.2 Å². The van der Waals surface area contributed by atoms with Crippen LogP contribution in [0.4, 0.5) is 4.39 Å². The Morgan fingerprint density at radius 2 is 2.26 bits per heavy atom. The van der Waals surface area contributed by atoms with Crippen LogP contribution in [0, 0.1) is 17.7 Å². The standard InChI is InChI=1S/C15H20FNO2/c1-10(2)12-5-6-17(9-12)8-11-3-4-13(15(18)19)14(16)7-11/h3-4,7,10,12H,5-6,8-9H2,1-2H3,(H,18,19). The van der Waals surface area contributed by atoms with Gasteiger partial charge in [0.1, 0.15) is 5.82 Å². The van der Waals surface area contributed by atoms with E-state index in [0.29, 0.717) is 18.4 Å². The highest BCUT2D eigenvalue weighted by molar-refractivity contribution is 5.87. The van der Waals surface area contributed by atoms with Crippen LogP contribution in [0.5, 0.6) is 0 Å². The van der Waals surface area contributed by atoms with Crippen molar-refractivity contribution in [1.82, 2.24) is 4.90 Å². The van der Waals surface area contributed by atoms with Gasteiger partial charge in [-0.1, -0.05) is 19.9 Å². The summed E-state index contributed by atoms with van der Waals surface area (Å²) >= 11 is 0. The molecule has 1 aromatic carbocycles. The summed E-state index contributed by atoms with van der Waals surface area (Å²) in [5.74, 6) is -0.478. The molecule has 1 atom stereocenters. The molecule has 3 nitrogen and oxygen atoms in total. The first-order valence-corrected chi connectivity index (χ1v) is 6.71. The van der Waals surface area contributed by atoms with Gasteiger partial charge in [0.05, 0.1) is 5.56 Å². The van der Waals surface area contributed by atoms with Crippen molar-refractivity contribution in [3.8, 4) is 0 Å². The minimum Gasteiger partial charge on any atom is -0.478 e.